The van der Waals surface area contributed by atoms with E-state index in [-0.39, 0.29) is 0 Å². The first kappa shape index (κ1) is 14.2. The predicted octanol–water partition coefficient (Wildman–Crippen LogP) is 5.99. The first-order chi connectivity index (χ1) is 8.77. The molecular weight excluding hydrogens is 296 g/mol. The smallest absolute Gasteiger partial charge is 0.166 e. The van der Waals surface area contributed by atoms with Crippen molar-refractivity contribution in [1.29, 1.82) is 0 Å². The second-order valence-electron chi connectivity index (χ2n) is 4.19. The highest BCUT2D eigenvalue weighted by molar-refractivity contribution is 6.35. The van der Waals surface area contributed by atoms with Crippen LogP contribution >= 0.6 is 23.2 Å². The Morgan fingerprint density at radius 2 is 1.47 bits per heavy atom. The maximum Gasteiger partial charge on any atom is 0.416 e. The van der Waals surface area contributed by atoms with E-state index >= 15 is 0 Å². The zero-order valence-corrected chi connectivity index (χ0v) is 11.4. The highest BCUT2D eigenvalue weighted by Gasteiger charge is 2.30. The second kappa shape index (κ2) is 5.06. The van der Waals surface area contributed by atoms with Gasteiger partial charge in [0.25, 0.3) is 0 Å². The molecule has 0 N–H and O–H groups in total. The predicted molar refractivity (Wildman–Crippen MR) is 71.6 cm³/mol. The van der Waals surface area contributed by atoms with Crippen LogP contribution in [-0.4, -0.2) is 0 Å². The summed E-state index contributed by atoms with van der Waals surface area (Å²) in [6.45, 7) is 1.62. The van der Waals surface area contributed by atoms with Gasteiger partial charge in [0.2, 0.25) is 0 Å². The zero-order valence-electron chi connectivity index (χ0n) is 9.85. The van der Waals surface area contributed by atoms with Crippen LogP contribution in [0.15, 0.2) is 36.4 Å². The molecule has 0 aromatic heterocycles. The first-order valence-corrected chi connectivity index (χ1v) is 6.17. The van der Waals surface area contributed by atoms with E-state index in [4.69, 9.17) is 23.2 Å². The highest BCUT2D eigenvalue weighted by Crippen LogP contribution is 2.34. The summed E-state index contributed by atoms with van der Waals surface area (Å²) >= 11 is 11.8. The van der Waals surface area contributed by atoms with Crippen LogP contribution in [0.1, 0.15) is 11.1 Å². The lowest BCUT2D eigenvalue weighted by atomic mass is 9.98. The van der Waals surface area contributed by atoms with Crippen LogP contribution in [-0.2, 0) is 6.18 Å². The van der Waals surface area contributed by atoms with Crippen LogP contribution in [0.5, 0.6) is 0 Å². The summed E-state index contributed by atoms with van der Waals surface area (Å²) in [5.41, 5.74) is 1.23. The van der Waals surface area contributed by atoms with Crippen LogP contribution in [0.2, 0.25) is 10.0 Å². The van der Waals surface area contributed by atoms with Crippen molar-refractivity contribution in [3.63, 3.8) is 0 Å². The van der Waals surface area contributed by atoms with Gasteiger partial charge >= 0.3 is 6.18 Å². The number of rotatable bonds is 1. The standard InChI is InChI=1S/C14H9Cl2F3/c1-8-4-10(14(17,18)19)2-3-13(8)9-5-11(15)7-12(16)6-9/h2-7H,1H3. The van der Waals surface area contributed by atoms with E-state index in [1.54, 1.807) is 25.1 Å². The SMILES string of the molecule is Cc1cc(C(F)(F)F)ccc1-c1cc(Cl)cc(Cl)c1. The summed E-state index contributed by atoms with van der Waals surface area (Å²) < 4.78 is 37.8. The number of hydrogen-bond donors (Lipinski definition) is 0. The average molecular weight is 305 g/mol. The van der Waals surface area contributed by atoms with Gasteiger partial charge in [0.05, 0.1) is 5.56 Å². The fourth-order valence-corrected chi connectivity index (χ4v) is 2.40. The van der Waals surface area contributed by atoms with Gasteiger partial charge in [0, 0.05) is 10.0 Å². The van der Waals surface area contributed by atoms with Crippen molar-refractivity contribution in [2.45, 2.75) is 13.1 Å². The van der Waals surface area contributed by atoms with E-state index in [0.29, 0.717) is 26.7 Å². The molecule has 0 spiro atoms. The molecule has 0 unspecified atom stereocenters. The first-order valence-electron chi connectivity index (χ1n) is 5.41. The fourth-order valence-electron chi connectivity index (χ4n) is 1.87. The third-order valence-electron chi connectivity index (χ3n) is 2.73. The molecule has 2 aromatic rings. The number of alkyl halides is 3. The highest BCUT2D eigenvalue weighted by atomic mass is 35.5. The molecule has 0 fully saturated rings. The van der Waals surface area contributed by atoms with Crippen molar-refractivity contribution in [1.82, 2.24) is 0 Å². The van der Waals surface area contributed by atoms with Crippen molar-refractivity contribution in [2.24, 2.45) is 0 Å². The van der Waals surface area contributed by atoms with Gasteiger partial charge < -0.3 is 0 Å². The van der Waals surface area contributed by atoms with E-state index in [1.807, 2.05) is 0 Å². The molecule has 0 nitrogen and oxygen atoms in total. The lowest BCUT2D eigenvalue weighted by molar-refractivity contribution is -0.137. The van der Waals surface area contributed by atoms with Crippen LogP contribution in [0.4, 0.5) is 13.2 Å². The molecule has 0 aliphatic rings. The van der Waals surface area contributed by atoms with Crippen molar-refractivity contribution in [2.75, 3.05) is 0 Å². The Bertz CT molecular complexity index is 598. The number of hydrogen-bond acceptors (Lipinski definition) is 0. The Morgan fingerprint density at radius 3 is 1.95 bits per heavy atom. The molecule has 2 rings (SSSR count). The minimum atomic E-state index is -4.34. The van der Waals surface area contributed by atoms with Gasteiger partial charge in [-0.25, -0.2) is 0 Å². The van der Waals surface area contributed by atoms with Crippen molar-refractivity contribution >= 4 is 23.2 Å². The molecule has 0 amide bonds. The molecule has 0 atom stereocenters. The molecule has 0 bridgehead atoms. The van der Waals surface area contributed by atoms with E-state index in [1.165, 1.54) is 6.07 Å². The normalized spacial score (nSPS) is 11.7. The van der Waals surface area contributed by atoms with Gasteiger partial charge in [-0.15, -0.1) is 0 Å². The summed E-state index contributed by atoms with van der Waals surface area (Å²) in [4.78, 5) is 0. The molecule has 0 aliphatic heterocycles. The van der Waals surface area contributed by atoms with Crippen LogP contribution in [0.3, 0.4) is 0 Å². The minimum Gasteiger partial charge on any atom is -0.166 e. The lowest BCUT2D eigenvalue weighted by Gasteiger charge is -2.11. The molecule has 0 heterocycles. The van der Waals surface area contributed by atoms with Gasteiger partial charge in [0.15, 0.2) is 0 Å². The maximum atomic E-state index is 12.6. The van der Waals surface area contributed by atoms with E-state index in [0.717, 1.165) is 12.1 Å². The third-order valence-corrected chi connectivity index (χ3v) is 3.16. The quantitative estimate of drug-likeness (QED) is 0.607. The second-order valence-corrected chi connectivity index (χ2v) is 5.06. The van der Waals surface area contributed by atoms with Crippen molar-refractivity contribution in [3.05, 3.63) is 57.6 Å². The molecule has 19 heavy (non-hydrogen) atoms. The molecule has 0 saturated carbocycles. The molecule has 0 aliphatic carbocycles. The molecule has 2 aromatic carbocycles. The van der Waals surface area contributed by atoms with Gasteiger partial charge in [-0.1, -0.05) is 29.3 Å². The van der Waals surface area contributed by atoms with Crippen LogP contribution < -0.4 is 0 Å². The monoisotopic (exact) mass is 304 g/mol. The van der Waals surface area contributed by atoms with Gasteiger partial charge in [-0.2, -0.15) is 13.2 Å². The lowest BCUT2D eigenvalue weighted by Crippen LogP contribution is -2.05. The molecule has 5 heteroatoms. The number of halogens is 5. The zero-order chi connectivity index (χ0) is 14.2. The molecular formula is C14H9Cl2F3. The van der Waals surface area contributed by atoms with Crippen LogP contribution in [0.25, 0.3) is 11.1 Å². The molecule has 0 saturated heterocycles. The summed E-state index contributed by atoms with van der Waals surface area (Å²) in [7, 11) is 0. The maximum absolute atomic E-state index is 12.6. The summed E-state index contributed by atoms with van der Waals surface area (Å²) in [6.07, 6.45) is -4.34. The van der Waals surface area contributed by atoms with Crippen molar-refractivity contribution < 1.29 is 13.2 Å². The average Bonchev–Trinajstić information content (AvgIpc) is 2.26. The van der Waals surface area contributed by atoms with E-state index in [2.05, 4.69) is 0 Å². The Morgan fingerprint density at radius 1 is 0.895 bits per heavy atom. The molecule has 100 valence electrons. The summed E-state index contributed by atoms with van der Waals surface area (Å²) in [5, 5.41) is 0.892. The Balaban J connectivity index is 2.52. The number of aryl methyl sites for hydroxylation is 1. The fraction of sp³-hybridized carbons (Fsp3) is 0.143. The molecule has 0 radical (unpaired) electrons. The van der Waals surface area contributed by atoms with Gasteiger partial charge in [0.1, 0.15) is 0 Å². The Labute approximate surface area is 118 Å². The Kier molecular flexibility index (Phi) is 3.79. The van der Waals surface area contributed by atoms with Crippen molar-refractivity contribution in [3.8, 4) is 11.1 Å². The minimum absolute atomic E-state index is 0.446. The van der Waals surface area contributed by atoms with Gasteiger partial charge in [-0.05, 0) is 53.9 Å². The van der Waals surface area contributed by atoms with E-state index in [9.17, 15) is 13.2 Å². The summed E-state index contributed by atoms with van der Waals surface area (Å²) in [5.74, 6) is 0. The number of benzene rings is 2. The third kappa shape index (κ3) is 3.23. The topological polar surface area (TPSA) is 0 Å². The van der Waals surface area contributed by atoms with E-state index < -0.39 is 11.7 Å². The van der Waals surface area contributed by atoms with Gasteiger partial charge in [-0.3, -0.25) is 0 Å². The largest absolute Gasteiger partial charge is 0.416 e. The summed E-state index contributed by atoms with van der Waals surface area (Å²) in [6, 6.07) is 8.51. The van der Waals surface area contributed by atoms with Crippen LogP contribution in [0, 0.1) is 6.92 Å². The Hall–Kier alpha value is -1.19.